The summed E-state index contributed by atoms with van der Waals surface area (Å²) in [4.78, 5) is 24.1. The van der Waals surface area contributed by atoms with Gasteiger partial charge >= 0.3 is 0 Å². The van der Waals surface area contributed by atoms with E-state index in [2.05, 4.69) is 16.0 Å². The van der Waals surface area contributed by atoms with Gasteiger partial charge in [-0.1, -0.05) is 6.42 Å². The molecule has 1 saturated carbocycles. The molecule has 0 spiro atoms. The van der Waals surface area contributed by atoms with Crippen LogP contribution in [0.25, 0.3) is 0 Å². The van der Waals surface area contributed by atoms with Crippen molar-refractivity contribution in [2.24, 2.45) is 5.92 Å². The Morgan fingerprint density at radius 1 is 1.22 bits per heavy atom. The number of hydrogen-bond donors (Lipinski definition) is 3. The fraction of sp³-hybridized carbons (Fsp3) is 0.867. The van der Waals surface area contributed by atoms with Gasteiger partial charge in [-0.15, -0.1) is 12.4 Å². The van der Waals surface area contributed by atoms with Gasteiger partial charge in [-0.3, -0.25) is 14.9 Å². The van der Waals surface area contributed by atoms with Gasteiger partial charge in [0.05, 0.1) is 12.6 Å². The second kappa shape index (κ2) is 8.24. The third kappa shape index (κ3) is 5.88. The number of amides is 2. The molecule has 5 nitrogen and oxygen atoms in total. The molecule has 1 saturated heterocycles. The molecule has 1 aliphatic heterocycles. The first-order valence-electron chi connectivity index (χ1n) is 7.99. The molecule has 2 amide bonds. The van der Waals surface area contributed by atoms with Crippen molar-refractivity contribution in [2.45, 2.75) is 70.0 Å². The second-order valence-corrected chi connectivity index (χ2v) is 6.73. The average Bonchev–Trinajstić information content (AvgIpc) is 2.79. The number of carbonyl (C=O) groups excluding carboxylic acids is 2. The molecule has 0 bridgehead atoms. The van der Waals surface area contributed by atoms with E-state index in [4.69, 9.17) is 0 Å². The molecule has 3 N–H and O–H groups in total. The topological polar surface area (TPSA) is 70.2 Å². The van der Waals surface area contributed by atoms with Crippen LogP contribution in [0.4, 0.5) is 8.78 Å². The van der Waals surface area contributed by atoms with Gasteiger partial charge in [-0.05, 0) is 33.1 Å². The first kappa shape index (κ1) is 20.1. The summed E-state index contributed by atoms with van der Waals surface area (Å²) in [5.41, 5.74) is 0. The highest BCUT2D eigenvalue weighted by Gasteiger charge is 2.42. The summed E-state index contributed by atoms with van der Waals surface area (Å²) in [6.07, 6.45) is 2.58. The Balaban J connectivity index is 0.00000264. The molecule has 2 rings (SSSR count). The summed E-state index contributed by atoms with van der Waals surface area (Å²) in [5, 5.41) is 8.27. The summed E-state index contributed by atoms with van der Waals surface area (Å²) in [7, 11) is 0. The molecule has 0 aromatic heterocycles. The number of alkyl halides is 2. The smallest absolute Gasteiger partial charge is 0.262 e. The molecule has 1 heterocycles. The van der Waals surface area contributed by atoms with Crippen LogP contribution in [0.1, 0.15) is 46.0 Å². The summed E-state index contributed by atoms with van der Waals surface area (Å²) in [5.74, 6) is -3.29. The molecule has 8 heteroatoms. The first-order chi connectivity index (χ1) is 10.3. The molecule has 1 aliphatic carbocycles. The zero-order valence-electron chi connectivity index (χ0n) is 13.5. The Bertz CT molecular complexity index is 435. The molecule has 3 unspecified atom stereocenters. The number of carbonyl (C=O) groups is 2. The van der Waals surface area contributed by atoms with E-state index in [1.807, 2.05) is 13.8 Å². The monoisotopic (exact) mass is 353 g/mol. The molecule has 134 valence electrons. The minimum absolute atomic E-state index is 0. The molecular formula is C15H26ClF2N3O2. The number of nitrogens with one attached hydrogen (secondary N) is 3. The molecule has 2 fully saturated rings. The average molecular weight is 354 g/mol. The molecule has 0 aromatic rings. The van der Waals surface area contributed by atoms with Gasteiger partial charge in [-0.25, -0.2) is 8.78 Å². The zero-order chi connectivity index (χ0) is 16.3. The quantitative estimate of drug-likeness (QED) is 0.719. The van der Waals surface area contributed by atoms with Crippen LogP contribution in [0.5, 0.6) is 0 Å². The van der Waals surface area contributed by atoms with E-state index in [0.717, 1.165) is 19.3 Å². The molecule has 3 atom stereocenters. The third-order valence-electron chi connectivity index (χ3n) is 4.25. The van der Waals surface area contributed by atoms with Gasteiger partial charge in [-0.2, -0.15) is 0 Å². The van der Waals surface area contributed by atoms with Gasteiger partial charge in [0.25, 0.3) is 5.92 Å². The Hall–Kier alpha value is -0.950. The van der Waals surface area contributed by atoms with Crippen LogP contribution < -0.4 is 16.0 Å². The van der Waals surface area contributed by atoms with Crippen molar-refractivity contribution in [3.63, 3.8) is 0 Å². The van der Waals surface area contributed by atoms with Gasteiger partial charge < -0.3 is 10.6 Å². The van der Waals surface area contributed by atoms with Crippen molar-refractivity contribution in [3.8, 4) is 0 Å². The van der Waals surface area contributed by atoms with Gasteiger partial charge in [0.1, 0.15) is 0 Å². The third-order valence-corrected chi connectivity index (χ3v) is 4.25. The maximum Gasteiger partial charge on any atom is 0.262 e. The second-order valence-electron chi connectivity index (χ2n) is 6.73. The lowest BCUT2D eigenvalue weighted by molar-refractivity contribution is -0.128. The normalized spacial score (nSPS) is 29.7. The number of halogens is 3. The van der Waals surface area contributed by atoms with Crippen molar-refractivity contribution in [1.29, 1.82) is 0 Å². The molecule has 0 radical (unpaired) electrons. The predicted octanol–water partition coefficient (Wildman–Crippen LogP) is 1.60. The standard InChI is InChI=1S/C15H25F2N3O2.ClH/c1-9(2)19-13(21)10-4-3-5-11(6-10)20-14(22)12-7-15(16,17)8-18-12;/h9-12,18H,3-8H2,1-2H3,(H,19,21)(H,20,22);1H. The lowest BCUT2D eigenvalue weighted by Crippen LogP contribution is -2.48. The highest BCUT2D eigenvalue weighted by Crippen LogP contribution is 2.27. The van der Waals surface area contributed by atoms with E-state index >= 15 is 0 Å². The van der Waals surface area contributed by atoms with Crippen LogP contribution in [0.15, 0.2) is 0 Å². The van der Waals surface area contributed by atoms with E-state index in [1.54, 1.807) is 0 Å². The molecule has 23 heavy (non-hydrogen) atoms. The van der Waals surface area contributed by atoms with Crippen LogP contribution >= 0.6 is 12.4 Å². The van der Waals surface area contributed by atoms with E-state index in [-0.39, 0.29) is 42.2 Å². The number of hydrogen-bond acceptors (Lipinski definition) is 3. The Kier molecular flexibility index (Phi) is 7.20. The van der Waals surface area contributed by atoms with Crippen molar-refractivity contribution < 1.29 is 18.4 Å². The van der Waals surface area contributed by atoms with Gasteiger partial charge in [0.2, 0.25) is 11.8 Å². The zero-order valence-corrected chi connectivity index (χ0v) is 14.3. The highest BCUT2D eigenvalue weighted by atomic mass is 35.5. The van der Waals surface area contributed by atoms with E-state index in [0.29, 0.717) is 6.42 Å². The maximum absolute atomic E-state index is 13.1. The first-order valence-corrected chi connectivity index (χ1v) is 7.99. The van der Waals surface area contributed by atoms with Crippen LogP contribution in [0, 0.1) is 5.92 Å². The van der Waals surface area contributed by atoms with Crippen LogP contribution in [0.3, 0.4) is 0 Å². The SMILES string of the molecule is CC(C)NC(=O)C1CCCC(NC(=O)C2CC(F)(F)CN2)C1.Cl. The summed E-state index contributed by atoms with van der Waals surface area (Å²) >= 11 is 0. The highest BCUT2D eigenvalue weighted by molar-refractivity contribution is 5.85. The summed E-state index contributed by atoms with van der Waals surface area (Å²) < 4.78 is 26.3. The van der Waals surface area contributed by atoms with Crippen molar-refractivity contribution in [3.05, 3.63) is 0 Å². The van der Waals surface area contributed by atoms with Crippen LogP contribution in [-0.4, -0.2) is 42.4 Å². The lowest BCUT2D eigenvalue weighted by atomic mass is 9.85. The fourth-order valence-electron chi connectivity index (χ4n) is 3.16. The van der Waals surface area contributed by atoms with E-state index < -0.39 is 24.9 Å². The summed E-state index contributed by atoms with van der Waals surface area (Å²) in [6.45, 7) is 3.37. The van der Waals surface area contributed by atoms with Gasteiger partial charge in [0.15, 0.2) is 0 Å². The van der Waals surface area contributed by atoms with Crippen molar-refractivity contribution in [1.82, 2.24) is 16.0 Å². The van der Waals surface area contributed by atoms with Gasteiger partial charge in [0, 0.05) is 24.4 Å². The Morgan fingerprint density at radius 2 is 1.91 bits per heavy atom. The minimum atomic E-state index is -2.81. The van der Waals surface area contributed by atoms with Crippen molar-refractivity contribution in [2.75, 3.05) is 6.54 Å². The van der Waals surface area contributed by atoms with Crippen LogP contribution in [-0.2, 0) is 9.59 Å². The Labute approximate surface area is 141 Å². The summed E-state index contributed by atoms with van der Waals surface area (Å²) in [6, 6.07) is -0.854. The predicted molar refractivity (Wildman–Crippen MR) is 85.8 cm³/mol. The fourth-order valence-corrected chi connectivity index (χ4v) is 3.16. The number of rotatable bonds is 4. The molecule has 0 aromatic carbocycles. The van der Waals surface area contributed by atoms with E-state index in [1.165, 1.54) is 0 Å². The largest absolute Gasteiger partial charge is 0.354 e. The lowest BCUT2D eigenvalue weighted by Gasteiger charge is -2.30. The van der Waals surface area contributed by atoms with E-state index in [9.17, 15) is 18.4 Å². The Morgan fingerprint density at radius 3 is 2.48 bits per heavy atom. The van der Waals surface area contributed by atoms with Crippen LogP contribution in [0.2, 0.25) is 0 Å². The van der Waals surface area contributed by atoms with Crippen molar-refractivity contribution >= 4 is 24.2 Å². The molecular weight excluding hydrogens is 328 g/mol. The maximum atomic E-state index is 13.1. The minimum Gasteiger partial charge on any atom is -0.354 e. The molecule has 2 aliphatic rings.